The summed E-state index contributed by atoms with van der Waals surface area (Å²) in [6, 6.07) is 7.25. The van der Waals surface area contributed by atoms with Crippen LogP contribution in [-0.2, 0) is 20.5 Å². The highest BCUT2D eigenvalue weighted by atomic mass is 16.5. The third-order valence-electron chi connectivity index (χ3n) is 4.92. The number of aromatic nitrogens is 2. The average molecular weight is 400 g/mol. The molecule has 0 spiro atoms. The number of anilines is 1. The van der Waals surface area contributed by atoms with E-state index in [-0.39, 0.29) is 23.7 Å². The first-order chi connectivity index (χ1) is 13.5. The lowest BCUT2D eigenvalue weighted by atomic mass is 9.96. The molecule has 1 unspecified atom stereocenters. The van der Waals surface area contributed by atoms with Gasteiger partial charge >= 0.3 is 0 Å². The Balaban J connectivity index is 1.70. The van der Waals surface area contributed by atoms with Gasteiger partial charge in [0.05, 0.1) is 18.6 Å². The number of rotatable bonds is 5. The monoisotopic (exact) mass is 400 g/mol. The Morgan fingerprint density at radius 1 is 1.28 bits per heavy atom. The summed E-state index contributed by atoms with van der Waals surface area (Å²) in [5.74, 6) is 0.819. The van der Waals surface area contributed by atoms with Gasteiger partial charge in [-0.25, -0.2) is 0 Å². The van der Waals surface area contributed by atoms with Gasteiger partial charge < -0.3 is 19.5 Å². The number of hydrogen-bond donors (Lipinski definition) is 1. The van der Waals surface area contributed by atoms with Crippen LogP contribution in [0.25, 0.3) is 0 Å². The molecule has 3 rings (SSSR count). The van der Waals surface area contributed by atoms with E-state index in [0.717, 1.165) is 5.69 Å². The van der Waals surface area contributed by atoms with Crippen LogP contribution in [0.15, 0.2) is 28.8 Å². The molecule has 1 saturated heterocycles. The lowest BCUT2D eigenvalue weighted by Gasteiger charge is -2.24. The first kappa shape index (κ1) is 20.8. The van der Waals surface area contributed by atoms with Crippen molar-refractivity contribution in [2.24, 2.45) is 5.92 Å². The summed E-state index contributed by atoms with van der Waals surface area (Å²) in [4.78, 5) is 31.4. The van der Waals surface area contributed by atoms with Crippen molar-refractivity contribution in [3.8, 4) is 5.75 Å². The van der Waals surface area contributed by atoms with E-state index < -0.39 is 11.5 Å². The summed E-state index contributed by atoms with van der Waals surface area (Å²) in [5, 5.41) is 7.01. The van der Waals surface area contributed by atoms with Gasteiger partial charge in [0.1, 0.15) is 5.75 Å². The van der Waals surface area contributed by atoms with E-state index in [4.69, 9.17) is 9.26 Å². The summed E-state index contributed by atoms with van der Waals surface area (Å²) in [6.07, 6.45) is 0.151. The van der Waals surface area contributed by atoms with Crippen molar-refractivity contribution in [1.82, 2.24) is 15.5 Å². The minimum Gasteiger partial charge on any atom is -0.497 e. The number of benzene rings is 1. The fourth-order valence-corrected chi connectivity index (χ4v) is 3.16. The van der Waals surface area contributed by atoms with E-state index in [9.17, 15) is 9.59 Å². The topological polar surface area (TPSA) is 97.6 Å². The highest BCUT2D eigenvalue weighted by Crippen LogP contribution is 2.29. The van der Waals surface area contributed by atoms with Crippen LogP contribution < -0.4 is 15.0 Å². The standard InChI is InChI=1S/C21H28N4O4/c1-20(2,3)19-22-18(24-29-19)21(4,5)23-17(27)13-10-16(26)25(12-13)14-8-7-9-15(11-14)28-6/h7-9,11,13H,10,12H2,1-6H3,(H,23,27). The van der Waals surface area contributed by atoms with E-state index >= 15 is 0 Å². The molecule has 1 N–H and O–H groups in total. The van der Waals surface area contributed by atoms with E-state index in [1.807, 2.05) is 52.8 Å². The van der Waals surface area contributed by atoms with Crippen molar-refractivity contribution in [2.45, 2.75) is 52.0 Å². The number of carbonyl (C=O) groups excluding carboxylic acids is 2. The number of methoxy groups -OCH3 is 1. The largest absolute Gasteiger partial charge is 0.497 e. The molecule has 2 amide bonds. The molecule has 0 radical (unpaired) electrons. The van der Waals surface area contributed by atoms with Crippen LogP contribution in [0.2, 0.25) is 0 Å². The van der Waals surface area contributed by atoms with E-state index in [1.165, 1.54) is 0 Å². The third kappa shape index (κ3) is 4.41. The number of nitrogens with one attached hydrogen (secondary N) is 1. The van der Waals surface area contributed by atoms with Gasteiger partial charge in [0.15, 0.2) is 5.82 Å². The van der Waals surface area contributed by atoms with Crippen LogP contribution in [0, 0.1) is 5.92 Å². The molecule has 156 valence electrons. The SMILES string of the molecule is COc1cccc(N2CC(C(=O)NC(C)(C)c3noc(C(C)(C)C)n3)CC2=O)c1. The van der Waals surface area contributed by atoms with Gasteiger partial charge in [0, 0.05) is 30.1 Å². The summed E-state index contributed by atoms with van der Waals surface area (Å²) in [6.45, 7) is 9.89. The number of carbonyl (C=O) groups is 2. The van der Waals surface area contributed by atoms with Gasteiger partial charge in [0.2, 0.25) is 17.7 Å². The Hall–Kier alpha value is -2.90. The molecule has 8 nitrogen and oxygen atoms in total. The second-order valence-electron chi connectivity index (χ2n) is 8.89. The molecule has 8 heteroatoms. The van der Waals surface area contributed by atoms with Crippen LogP contribution in [0.4, 0.5) is 5.69 Å². The van der Waals surface area contributed by atoms with Crippen molar-refractivity contribution in [3.05, 3.63) is 36.0 Å². The number of nitrogens with zero attached hydrogens (tertiary/aromatic N) is 3. The van der Waals surface area contributed by atoms with Crippen molar-refractivity contribution in [3.63, 3.8) is 0 Å². The zero-order valence-electron chi connectivity index (χ0n) is 17.8. The molecular formula is C21H28N4O4. The zero-order chi connectivity index (χ0) is 21.4. The number of amides is 2. The summed E-state index contributed by atoms with van der Waals surface area (Å²) in [5.41, 5.74) is -0.381. The summed E-state index contributed by atoms with van der Waals surface area (Å²) in [7, 11) is 1.58. The quantitative estimate of drug-likeness (QED) is 0.829. The summed E-state index contributed by atoms with van der Waals surface area (Å²) >= 11 is 0. The summed E-state index contributed by atoms with van der Waals surface area (Å²) < 4.78 is 10.6. The lowest BCUT2D eigenvalue weighted by Crippen LogP contribution is -2.45. The highest BCUT2D eigenvalue weighted by Gasteiger charge is 2.39. The molecule has 29 heavy (non-hydrogen) atoms. The molecule has 2 heterocycles. The predicted molar refractivity (Wildman–Crippen MR) is 108 cm³/mol. The van der Waals surface area contributed by atoms with E-state index in [0.29, 0.717) is 24.0 Å². The van der Waals surface area contributed by atoms with Crippen molar-refractivity contribution in [1.29, 1.82) is 0 Å². The fourth-order valence-electron chi connectivity index (χ4n) is 3.16. The first-order valence-corrected chi connectivity index (χ1v) is 9.62. The second-order valence-corrected chi connectivity index (χ2v) is 8.89. The van der Waals surface area contributed by atoms with Crippen LogP contribution in [0.3, 0.4) is 0 Å². The lowest BCUT2D eigenvalue weighted by molar-refractivity contribution is -0.127. The fraction of sp³-hybridized carbons (Fsp3) is 0.524. The van der Waals surface area contributed by atoms with E-state index in [2.05, 4.69) is 15.5 Å². The van der Waals surface area contributed by atoms with Crippen molar-refractivity contribution < 1.29 is 18.8 Å². The Labute approximate surface area is 170 Å². The van der Waals surface area contributed by atoms with Crippen LogP contribution in [0.5, 0.6) is 5.75 Å². The Morgan fingerprint density at radius 3 is 2.62 bits per heavy atom. The molecule has 1 aliphatic rings. The molecule has 2 aromatic rings. The molecule has 1 aliphatic heterocycles. The molecule has 0 bridgehead atoms. The highest BCUT2D eigenvalue weighted by molar-refractivity contribution is 6.00. The predicted octanol–water partition coefficient (Wildman–Crippen LogP) is 2.78. The van der Waals surface area contributed by atoms with Crippen LogP contribution >= 0.6 is 0 Å². The molecule has 1 aromatic carbocycles. The normalized spacial score (nSPS) is 17.5. The third-order valence-corrected chi connectivity index (χ3v) is 4.92. The van der Waals surface area contributed by atoms with Crippen LogP contribution in [-0.4, -0.2) is 35.6 Å². The van der Waals surface area contributed by atoms with Gasteiger partial charge in [-0.2, -0.15) is 4.98 Å². The first-order valence-electron chi connectivity index (χ1n) is 9.62. The van der Waals surface area contributed by atoms with Gasteiger partial charge in [-0.3, -0.25) is 9.59 Å². The van der Waals surface area contributed by atoms with Gasteiger partial charge in [-0.15, -0.1) is 0 Å². The smallest absolute Gasteiger partial charge is 0.232 e. The Kier molecular flexibility index (Phi) is 5.38. The van der Waals surface area contributed by atoms with Crippen molar-refractivity contribution >= 4 is 17.5 Å². The molecule has 0 aliphatic carbocycles. The maximum absolute atomic E-state index is 12.9. The molecule has 1 aromatic heterocycles. The Bertz CT molecular complexity index is 913. The van der Waals surface area contributed by atoms with Crippen LogP contribution in [0.1, 0.15) is 52.8 Å². The van der Waals surface area contributed by atoms with Crippen molar-refractivity contribution in [2.75, 3.05) is 18.6 Å². The number of hydrogen-bond acceptors (Lipinski definition) is 6. The maximum Gasteiger partial charge on any atom is 0.232 e. The van der Waals surface area contributed by atoms with E-state index in [1.54, 1.807) is 18.1 Å². The maximum atomic E-state index is 12.9. The molecule has 1 atom stereocenters. The zero-order valence-corrected chi connectivity index (χ0v) is 17.8. The molecular weight excluding hydrogens is 372 g/mol. The minimum atomic E-state index is -0.823. The molecule has 0 saturated carbocycles. The number of ether oxygens (including phenoxy) is 1. The van der Waals surface area contributed by atoms with Gasteiger partial charge in [-0.05, 0) is 26.0 Å². The average Bonchev–Trinajstić information content (AvgIpc) is 3.29. The van der Waals surface area contributed by atoms with Gasteiger partial charge in [0.25, 0.3) is 0 Å². The molecule has 1 fully saturated rings. The van der Waals surface area contributed by atoms with Gasteiger partial charge in [-0.1, -0.05) is 32.0 Å². The Morgan fingerprint density at radius 2 is 2.00 bits per heavy atom. The minimum absolute atomic E-state index is 0.0919. The second kappa shape index (κ2) is 7.50.